The molecule has 1 N–H and O–H groups in total. The number of hydrogen-bond acceptors (Lipinski definition) is 5. The molecule has 0 bridgehead atoms. The van der Waals surface area contributed by atoms with Gasteiger partial charge in [-0.25, -0.2) is 4.79 Å². The van der Waals surface area contributed by atoms with Gasteiger partial charge in [0.05, 0.1) is 24.5 Å². The van der Waals surface area contributed by atoms with E-state index >= 15 is 0 Å². The van der Waals surface area contributed by atoms with E-state index in [0.29, 0.717) is 11.3 Å². The number of imide groups is 1. The molecule has 1 saturated carbocycles. The minimum atomic E-state index is -0.489. The quantitative estimate of drug-likeness (QED) is 0.642. The highest BCUT2D eigenvalue weighted by molar-refractivity contribution is 6.05. The van der Waals surface area contributed by atoms with E-state index in [1.54, 1.807) is 18.2 Å². The first kappa shape index (κ1) is 18.1. The molecule has 7 heteroatoms. The van der Waals surface area contributed by atoms with Gasteiger partial charge in [0.15, 0.2) is 0 Å². The summed E-state index contributed by atoms with van der Waals surface area (Å²) in [6.45, 7) is 0.0905. The Labute approximate surface area is 151 Å². The highest BCUT2D eigenvalue weighted by atomic mass is 16.5. The molecule has 7 nitrogen and oxygen atoms in total. The molecule has 2 atom stereocenters. The summed E-state index contributed by atoms with van der Waals surface area (Å²) < 4.78 is 4.65. The Morgan fingerprint density at radius 1 is 1.15 bits per heavy atom. The number of nitrogens with zero attached hydrogens (tertiary/aromatic N) is 1. The van der Waals surface area contributed by atoms with Crippen LogP contribution >= 0.6 is 0 Å². The van der Waals surface area contributed by atoms with Crippen molar-refractivity contribution < 1.29 is 23.9 Å². The summed E-state index contributed by atoms with van der Waals surface area (Å²) in [5.41, 5.74) is 0.796. The number of likely N-dealkylation sites (tertiary alicyclic amines) is 1. The number of anilines is 1. The van der Waals surface area contributed by atoms with Crippen LogP contribution in [-0.4, -0.2) is 42.2 Å². The van der Waals surface area contributed by atoms with Crippen molar-refractivity contribution in [2.45, 2.75) is 32.1 Å². The van der Waals surface area contributed by atoms with Crippen LogP contribution < -0.4 is 5.32 Å². The SMILES string of the molecule is COC(=O)c1cccc(NC(=O)CCN2C(=O)[C@@H]3CCCC[C@H]3C2=O)c1. The highest BCUT2D eigenvalue weighted by Gasteiger charge is 2.47. The van der Waals surface area contributed by atoms with Gasteiger partial charge in [-0.2, -0.15) is 0 Å². The van der Waals surface area contributed by atoms with Crippen molar-refractivity contribution in [2.75, 3.05) is 19.0 Å². The number of fused-ring (bicyclic) bond motifs is 1. The molecule has 1 aromatic rings. The van der Waals surface area contributed by atoms with Gasteiger partial charge in [0, 0.05) is 18.7 Å². The van der Waals surface area contributed by atoms with Gasteiger partial charge in [-0.3, -0.25) is 19.3 Å². The molecular weight excluding hydrogens is 336 g/mol. The average Bonchev–Trinajstić information content (AvgIpc) is 2.90. The van der Waals surface area contributed by atoms with Gasteiger partial charge in [-0.05, 0) is 31.0 Å². The van der Waals surface area contributed by atoms with Gasteiger partial charge in [-0.1, -0.05) is 18.9 Å². The predicted octanol–water partition coefficient (Wildman–Crippen LogP) is 1.98. The van der Waals surface area contributed by atoms with Crippen molar-refractivity contribution >= 4 is 29.4 Å². The number of nitrogens with one attached hydrogen (secondary N) is 1. The number of amides is 3. The number of rotatable bonds is 5. The molecule has 0 spiro atoms. The summed E-state index contributed by atoms with van der Waals surface area (Å²) in [5, 5.41) is 2.68. The lowest BCUT2D eigenvalue weighted by Crippen LogP contribution is -2.34. The molecule has 1 aliphatic carbocycles. The molecule has 2 fully saturated rings. The lowest BCUT2D eigenvalue weighted by molar-refractivity contribution is -0.140. The molecule has 26 heavy (non-hydrogen) atoms. The third-order valence-corrected chi connectivity index (χ3v) is 5.06. The Hall–Kier alpha value is -2.70. The van der Waals surface area contributed by atoms with E-state index in [9.17, 15) is 19.2 Å². The van der Waals surface area contributed by atoms with Gasteiger partial charge < -0.3 is 10.1 Å². The van der Waals surface area contributed by atoms with E-state index < -0.39 is 5.97 Å². The fraction of sp³-hybridized carbons (Fsp3) is 0.474. The molecule has 138 valence electrons. The Kier molecular flexibility index (Phi) is 5.35. The van der Waals surface area contributed by atoms with Gasteiger partial charge in [0.1, 0.15) is 0 Å². The smallest absolute Gasteiger partial charge is 0.337 e. The van der Waals surface area contributed by atoms with Crippen LogP contribution in [0.1, 0.15) is 42.5 Å². The molecule has 0 radical (unpaired) electrons. The first-order valence-corrected chi connectivity index (χ1v) is 8.84. The summed E-state index contributed by atoms with van der Waals surface area (Å²) >= 11 is 0. The fourth-order valence-corrected chi connectivity index (χ4v) is 3.73. The maximum Gasteiger partial charge on any atom is 0.337 e. The zero-order valence-corrected chi connectivity index (χ0v) is 14.7. The predicted molar refractivity (Wildman–Crippen MR) is 93.2 cm³/mol. The lowest BCUT2D eigenvalue weighted by atomic mass is 9.81. The molecule has 1 aliphatic heterocycles. The van der Waals surface area contributed by atoms with Crippen LogP contribution in [0.5, 0.6) is 0 Å². The summed E-state index contributed by atoms with van der Waals surface area (Å²) in [6.07, 6.45) is 3.51. The number of hydrogen-bond donors (Lipinski definition) is 1. The van der Waals surface area contributed by atoms with Crippen LogP contribution in [0, 0.1) is 11.8 Å². The summed E-state index contributed by atoms with van der Waals surface area (Å²) in [6, 6.07) is 6.40. The van der Waals surface area contributed by atoms with Crippen LogP contribution in [0.2, 0.25) is 0 Å². The van der Waals surface area contributed by atoms with E-state index in [2.05, 4.69) is 10.1 Å². The van der Waals surface area contributed by atoms with Crippen molar-refractivity contribution in [3.8, 4) is 0 Å². The second-order valence-corrected chi connectivity index (χ2v) is 6.70. The first-order chi connectivity index (χ1) is 12.5. The lowest BCUT2D eigenvalue weighted by Gasteiger charge is -2.19. The normalized spacial score (nSPS) is 22.1. The topological polar surface area (TPSA) is 92.8 Å². The molecule has 3 amide bonds. The molecule has 0 aromatic heterocycles. The first-order valence-electron chi connectivity index (χ1n) is 8.84. The van der Waals surface area contributed by atoms with Crippen LogP contribution in [0.15, 0.2) is 24.3 Å². The fourth-order valence-electron chi connectivity index (χ4n) is 3.73. The van der Waals surface area contributed by atoms with E-state index in [-0.39, 0.29) is 42.5 Å². The highest BCUT2D eigenvalue weighted by Crippen LogP contribution is 2.37. The van der Waals surface area contributed by atoms with Gasteiger partial charge in [-0.15, -0.1) is 0 Å². The molecule has 1 aromatic carbocycles. The Morgan fingerprint density at radius 2 is 1.81 bits per heavy atom. The standard InChI is InChI=1S/C19H22N2O5/c1-26-19(25)12-5-4-6-13(11-12)20-16(22)9-10-21-17(23)14-7-2-3-8-15(14)18(21)24/h4-6,11,14-15H,2-3,7-10H2,1H3,(H,20,22)/t14-,15-/m1/s1. The van der Waals surface area contributed by atoms with E-state index in [0.717, 1.165) is 25.7 Å². The Balaban J connectivity index is 1.57. The minimum Gasteiger partial charge on any atom is -0.465 e. The van der Waals surface area contributed by atoms with E-state index in [4.69, 9.17) is 0 Å². The van der Waals surface area contributed by atoms with Crippen molar-refractivity contribution in [1.82, 2.24) is 4.90 Å². The Bertz CT molecular complexity index is 721. The number of ether oxygens (including phenoxy) is 1. The molecule has 3 rings (SSSR count). The number of esters is 1. The summed E-state index contributed by atoms with van der Waals surface area (Å²) in [4.78, 5) is 49.7. The van der Waals surface area contributed by atoms with E-state index in [1.807, 2.05) is 0 Å². The summed E-state index contributed by atoms with van der Waals surface area (Å²) in [7, 11) is 1.29. The number of methoxy groups -OCH3 is 1. The van der Waals surface area contributed by atoms with E-state index in [1.165, 1.54) is 18.1 Å². The van der Waals surface area contributed by atoms with Crippen LogP contribution in [0.25, 0.3) is 0 Å². The van der Waals surface area contributed by atoms with Crippen LogP contribution in [-0.2, 0) is 19.1 Å². The molecule has 0 unspecified atom stereocenters. The van der Waals surface area contributed by atoms with Crippen molar-refractivity contribution in [1.29, 1.82) is 0 Å². The molecule has 1 heterocycles. The zero-order chi connectivity index (χ0) is 18.7. The third kappa shape index (κ3) is 3.61. The van der Waals surface area contributed by atoms with Crippen LogP contribution in [0.4, 0.5) is 5.69 Å². The molecule has 2 aliphatic rings. The maximum absolute atomic E-state index is 12.4. The van der Waals surface area contributed by atoms with Crippen molar-refractivity contribution in [3.05, 3.63) is 29.8 Å². The largest absolute Gasteiger partial charge is 0.465 e. The third-order valence-electron chi connectivity index (χ3n) is 5.06. The Morgan fingerprint density at radius 3 is 2.42 bits per heavy atom. The van der Waals surface area contributed by atoms with Gasteiger partial charge in [0.25, 0.3) is 0 Å². The zero-order valence-electron chi connectivity index (χ0n) is 14.7. The monoisotopic (exact) mass is 358 g/mol. The second kappa shape index (κ2) is 7.68. The number of benzene rings is 1. The summed E-state index contributed by atoms with van der Waals surface area (Å²) in [5.74, 6) is -1.48. The van der Waals surface area contributed by atoms with Gasteiger partial charge in [0.2, 0.25) is 17.7 Å². The van der Waals surface area contributed by atoms with Crippen molar-refractivity contribution in [3.63, 3.8) is 0 Å². The average molecular weight is 358 g/mol. The molecular formula is C19H22N2O5. The van der Waals surface area contributed by atoms with Crippen LogP contribution in [0.3, 0.4) is 0 Å². The maximum atomic E-state index is 12.4. The second-order valence-electron chi connectivity index (χ2n) is 6.70. The van der Waals surface area contributed by atoms with Crippen molar-refractivity contribution in [2.24, 2.45) is 11.8 Å². The minimum absolute atomic E-state index is 0.0272. The number of carbonyl (C=O) groups excluding carboxylic acids is 4. The molecule has 1 saturated heterocycles. The van der Waals surface area contributed by atoms with Gasteiger partial charge >= 0.3 is 5.97 Å². The number of carbonyl (C=O) groups is 4.